The number of ether oxygens (including phenoxy) is 1. The number of hydrogen-bond donors (Lipinski definition) is 1. The summed E-state index contributed by atoms with van der Waals surface area (Å²) in [5, 5.41) is 7.48. The van der Waals surface area contributed by atoms with Crippen molar-refractivity contribution in [2.75, 3.05) is 11.9 Å². The van der Waals surface area contributed by atoms with Crippen LogP contribution in [0.3, 0.4) is 0 Å². The summed E-state index contributed by atoms with van der Waals surface area (Å²) in [5.74, 6) is -0.423. The molecule has 0 fully saturated rings. The van der Waals surface area contributed by atoms with Gasteiger partial charge in [-0.1, -0.05) is 23.2 Å². The SMILES string of the molecule is CCOC(=O)Cn1nc(NC(=O)c2ccc(Cl)c(Cl)c2)cc1C. The Kier molecular flexibility index (Phi) is 5.63. The zero-order chi connectivity index (χ0) is 17.0. The largest absolute Gasteiger partial charge is 0.465 e. The monoisotopic (exact) mass is 355 g/mol. The number of aryl methyl sites for hydroxylation is 1. The van der Waals surface area contributed by atoms with Gasteiger partial charge in [0.05, 0.1) is 16.7 Å². The van der Waals surface area contributed by atoms with Crippen LogP contribution in [0.15, 0.2) is 24.3 Å². The van der Waals surface area contributed by atoms with Crippen LogP contribution in [0.5, 0.6) is 0 Å². The number of nitrogens with zero attached hydrogens (tertiary/aromatic N) is 2. The maximum Gasteiger partial charge on any atom is 0.327 e. The quantitative estimate of drug-likeness (QED) is 0.835. The number of amides is 1. The molecule has 1 heterocycles. The predicted molar refractivity (Wildman–Crippen MR) is 88.0 cm³/mol. The number of rotatable bonds is 5. The summed E-state index contributed by atoms with van der Waals surface area (Å²) in [5.41, 5.74) is 1.08. The second kappa shape index (κ2) is 7.48. The Morgan fingerprint density at radius 2 is 2.00 bits per heavy atom. The van der Waals surface area contributed by atoms with Gasteiger partial charge in [0.1, 0.15) is 6.54 Å². The Hall–Kier alpha value is -2.05. The second-order valence-electron chi connectivity index (χ2n) is 4.72. The van der Waals surface area contributed by atoms with E-state index in [2.05, 4.69) is 10.4 Å². The smallest absolute Gasteiger partial charge is 0.327 e. The van der Waals surface area contributed by atoms with E-state index in [1.165, 1.54) is 10.7 Å². The maximum absolute atomic E-state index is 12.2. The van der Waals surface area contributed by atoms with Crippen LogP contribution in [0.2, 0.25) is 10.0 Å². The molecule has 23 heavy (non-hydrogen) atoms. The van der Waals surface area contributed by atoms with Crippen molar-refractivity contribution in [2.45, 2.75) is 20.4 Å². The number of carbonyl (C=O) groups excluding carboxylic acids is 2. The lowest BCUT2D eigenvalue weighted by Crippen LogP contribution is -2.16. The summed E-state index contributed by atoms with van der Waals surface area (Å²) in [7, 11) is 0. The molecule has 1 amide bonds. The molecule has 0 saturated heterocycles. The first kappa shape index (κ1) is 17.3. The summed E-state index contributed by atoms with van der Waals surface area (Å²) in [6, 6.07) is 6.24. The van der Waals surface area contributed by atoms with E-state index in [1.807, 2.05) is 0 Å². The van der Waals surface area contributed by atoms with Gasteiger partial charge in [-0.05, 0) is 32.0 Å². The highest BCUT2D eigenvalue weighted by Gasteiger charge is 2.13. The minimum absolute atomic E-state index is 0.0116. The summed E-state index contributed by atoms with van der Waals surface area (Å²) in [6.45, 7) is 3.81. The third-order valence-corrected chi connectivity index (χ3v) is 3.73. The Labute approximate surface area is 143 Å². The number of halogens is 2. The van der Waals surface area contributed by atoms with E-state index in [1.54, 1.807) is 32.0 Å². The van der Waals surface area contributed by atoms with Crippen LogP contribution in [0.25, 0.3) is 0 Å². The standard InChI is InChI=1S/C15H15Cl2N3O3/c1-3-23-14(21)8-20-9(2)6-13(19-20)18-15(22)10-4-5-11(16)12(17)7-10/h4-7H,3,8H2,1-2H3,(H,18,19,22). The molecule has 0 atom stereocenters. The summed E-state index contributed by atoms with van der Waals surface area (Å²) < 4.78 is 6.33. The molecule has 0 unspecified atom stereocenters. The normalized spacial score (nSPS) is 10.4. The zero-order valence-electron chi connectivity index (χ0n) is 12.6. The van der Waals surface area contributed by atoms with Crippen LogP contribution < -0.4 is 5.32 Å². The summed E-state index contributed by atoms with van der Waals surface area (Å²) in [4.78, 5) is 23.7. The van der Waals surface area contributed by atoms with Gasteiger partial charge in [-0.15, -0.1) is 0 Å². The van der Waals surface area contributed by atoms with Gasteiger partial charge in [0, 0.05) is 17.3 Å². The van der Waals surface area contributed by atoms with E-state index in [4.69, 9.17) is 27.9 Å². The lowest BCUT2D eigenvalue weighted by molar-refractivity contribution is -0.144. The Bertz CT molecular complexity index is 744. The first-order valence-corrected chi connectivity index (χ1v) is 7.62. The van der Waals surface area contributed by atoms with Gasteiger partial charge in [-0.3, -0.25) is 14.3 Å². The number of anilines is 1. The highest BCUT2D eigenvalue weighted by Crippen LogP contribution is 2.23. The lowest BCUT2D eigenvalue weighted by Gasteiger charge is -2.04. The Balaban J connectivity index is 2.09. The van der Waals surface area contributed by atoms with Crippen LogP contribution in [-0.4, -0.2) is 28.3 Å². The van der Waals surface area contributed by atoms with Gasteiger partial charge in [-0.2, -0.15) is 5.10 Å². The van der Waals surface area contributed by atoms with Crippen molar-refractivity contribution >= 4 is 40.9 Å². The van der Waals surface area contributed by atoms with Gasteiger partial charge < -0.3 is 10.1 Å². The highest BCUT2D eigenvalue weighted by molar-refractivity contribution is 6.42. The molecule has 2 aromatic rings. The van der Waals surface area contributed by atoms with Crippen molar-refractivity contribution < 1.29 is 14.3 Å². The van der Waals surface area contributed by atoms with Gasteiger partial charge in [0.2, 0.25) is 0 Å². The first-order chi connectivity index (χ1) is 10.9. The summed E-state index contributed by atoms with van der Waals surface area (Å²) in [6.07, 6.45) is 0. The predicted octanol–water partition coefficient (Wildman–Crippen LogP) is 3.31. The number of esters is 1. The molecule has 0 aliphatic heterocycles. The molecular weight excluding hydrogens is 341 g/mol. The minimum Gasteiger partial charge on any atom is -0.465 e. The molecule has 0 aliphatic carbocycles. The average molecular weight is 356 g/mol. The third kappa shape index (κ3) is 4.46. The molecule has 1 aromatic carbocycles. The van der Waals surface area contributed by atoms with E-state index in [0.717, 1.165) is 5.69 Å². The Morgan fingerprint density at radius 1 is 1.26 bits per heavy atom. The molecule has 8 heteroatoms. The van der Waals surface area contributed by atoms with Crippen LogP contribution in [0.1, 0.15) is 23.0 Å². The van der Waals surface area contributed by atoms with E-state index in [-0.39, 0.29) is 18.4 Å². The molecule has 6 nitrogen and oxygen atoms in total. The molecule has 122 valence electrons. The van der Waals surface area contributed by atoms with Crippen molar-refractivity contribution in [2.24, 2.45) is 0 Å². The third-order valence-electron chi connectivity index (χ3n) is 2.99. The van der Waals surface area contributed by atoms with Gasteiger partial charge in [-0.25, -0.2) is 0 Å². The molecule has 1 aromatic heterocycles. The van der Waals surface area contributed by atoms with Crippen molar-refractivity contribution in [3.05, 3.63) is 45.6 Å². The lowest BCUT2D eigenvalue weighted by atomic mass is 10.2. The van der Waals surface area contributed by atoms with E-state index < -0.39 is 0 Å². The number of carbonyl (C=O) groups is 2. The first-order valence-electron chi connectivity index (χ1n) is 6.87. The fourth-order valence-electron chi connectivity index (χ4n) is 1.89. The maximum atomic E-state index is 12.2. The molecule has 2 rings (SSSR count). The van der Waals surface area contributed by atoms with E-state index in [9.17, 15) is 9.59 Å². The molecule has 0 aliphatic rings. The topological polar surface area (TPSA) is 73.2 Å². The van der Waals surface area contributed by atoms with Crippen LogP contribution in [0, 0.1) is 6.92 Å². The van der Waals surface area contributed by atoms with Gasteiger partial charge in [0.25, 0.3) is 5.91 Å². The average Bonchev–Trinajstić information content (AvgIpc) is 2.81. The van der Waals surface area contributed by atoms with Gasteiger partial charge >= 0.3 is 5.97 Å². The minimum atomic E-state index is -0.388. The van der Waals surface area contributed by atoms with Crippen molar-refractivity contribution in [1.29, 1.82) is 0 Å². The number of hydrogen-bond acceptors (Lipinski definition) is 4. The molecule has 0 saturated carbocycles. The molecule has 0 bridgehead atoms. The van der Waals surface area contributed by atoms with Crippen molar-refractivity contribution in [3.8, 4) is 0 Å². The van der Waals surface area contributed by atoms with Crippen LogP contribution in [-0.2, 0) is 16.1 Å². The van der Waals surface area contributed by atoms with Gasteiger partial charge in [0.15, 0.2) is 5.82 Å². The van der Waals surface area contributed by atoms with E-state index in [0.29, 0.717) is 28.0 Å². The Morgan fingerprint density at radius 3 is 2.65 bits per heavy atom. The van der Waals surface area contributed by atoms with E-state index >= 15 is 0 Å². The van der Waals surface area contributed by atoms with Crippen LogP contribution in [0.4, 0.5) is 5.82 Å². The zero-order valence-corrected chi connectivity index (χ0v) is 14.1. The van der Waals surface area contributed by atoms with Crippen LogP contribution >= 0.6 is 23.2 Å². The fraction of sp³-hybridized carbons (Fsp3) is 0.267. The molecule has 0 radical (unpaired) electrons. The second-order valence-corrected chi connectivity index (χ2v) is 5.53. The van der Waals surface area contributed by atoms with Crippen molar-refractivity contribution in [3.63, 3.8) is 0 Å². The molecular formula is C15H15Cl2N3O3. The molecule has 0 spiro atoms. The fourth-order valence-corrected chi connectivity index (χ4v) is 2.18. The number of nitrogens with one attached hydrogen (secondary N) is 1. The van der Waals surface area contributed by atoms with Crippen molar-refractivity contribution in [1.82, 2.24) is 9.78 Å². The number of aromatic nitrogens is 2. The molecule has 1 N–H and O–H groups in total. The highest BCUT2D eigenvalue weighted by atomic mass is 35.5. The number of benzene rings is 1. The summed E-state index contributed by atoms with van der Waals surface area (Å²) >= 11 is 11.7.